The van der Waals surface area contributed by atoms with Crippen LogP contribution in [-0.4, -0.2) is 14.5 Å². The normalized spacial score (nSPS) is 10.2. The molecule has 0 spiro atoms. The van der Waals surface area contributed by atoms with Crippen molar-refractivity contribution in [2.45, 2.75) is 6.54 Å². The summed E-state index contributed by atoms with van der Waals surface area (Å²) < 4.78 is 1.25. The second-order valence-corrected chi connectivity index (χ2v) is 3.81. The zero-order valence-corrected chi connectivity index (χ0v) is 9.81. The van der Waals surface area contributed by atoms with Crippen LogP contribution in [0.3, 0.4) is 0 Å². The summed E-state index contributed by atoms with van der Waals surface area (Å²) in [7, 11) is 0. The third-order valence-corrected chi connectivity index (χ3v) is 2.50. The summed E-state index contributed by atoms with van der Waals surface area (Å²) >= 11 is 0. The molecular weight excluding hydrogens is 250 g/mol. The first kappa shape index (κ1) is 12.7. The van der Waals surface area contributed by atoms with Crippen molar-refractivity contribution in [1.29, 1.82) is 0 Å². The lowest BCUT2D eigenvalue weighted by Gasteiger charge is -2.06. The fraction of sp³-hybridized carbons (Fsp3) is 0.0909. The zero-order chi connectivity index (χ0) is 13.8. The lowest BCUT2D eigenvalue weighted by Crippen LogP contribution is -2.19. The highest BCUT2D eigenvalue weighted by Crippen LogP contribution is 2.09. The van der Waals surface area contributed by atoms with Gasteiger partial charge in [0.15, 0.2) is 0 Å². The molecule has 0 aliphatic rings. The largest absolute Gasteiger partial charge is 0.308 e. The molecule has 0 fully saturated rings. The predicted molar refractivity (Wildman–Crippen MR) is 68.5 cm³/mol. The summed E-state index contributed by atoms with van der Waals surface area (Å²) in [5, 5.41) is 10.7. The van der Waals surface area contributed by atoms with E-state index in [9.17, 15) is 14.9 Å². The van der Waals surface area contributed by atoms with Crippen molar-refractivity contribution >= 4 is 11.5 Å². The van der Waals surface area contributed by atoms with Gasteiger partial charge in [0, 0.05) is 18.3 Å². The number of pyridine rings is 2. The molecule has 0 aliphatic heterocycles. The quantitative estimate of drug-likeness (QED) is 0.470. The van der Waals surface area contributed by atoms with E-state index in [0.717, 1.165) is 5.56 Å². The Balaban J connectivity index is 2.29. The van der Waals surface area contributed by atoms with E-state index in [1.54, 1.807) is 18.3 Å². The average Bonchev–Trinajstić information content (AvgIpc) is 2.42. The maximum Gasteiger partial charge on any atom is 0.285 e. The number of hydrazine groups is 1. The lowest BCUT2D eigenvalue weighted by atomic mass is 10.2. The van der Waals surface area contributed by atoms with E-state index in [-0.39, 0.29) is 17.8 Å². The molecule has 0 unspecified atom stereocenters. The van der Waals surface area contributed by atoms with E-state index in [1.165, 1.54) is 22.9 Å². The van der Waals surface area contributed by atoms with Crippen LogP contribution >= 0.6 is 0 Å². The number of aromatic nitrogens is 2. The Labute approximate surface area is 107 Å². The van der Waals surface area contributed by atoms with Crippen molar-refractivity contribution in [3.63, 3.8) is 0 Å². The van der Waals surface area contributed by atoms with Gasteiger partial charge < -0.3 is 9.99 Å². The van der Waals surface area contributed by atoms with Crippen LogP contribution in [0.4, 0.5) is 11.5 Å². The van der Waals surface area contributed by atoms with Gasteiger partial charge in [0.05, 0.1) is 17.7 Å². The van der Waals surface area contributed by atoms with Gasteiger partial charge in [0.1, 0.15) is 5.82 Å². The molecule has 8 heteroatoms. The smallest absolute Gasteiger partial charge is 0.285 e. The Hall–Kier alpha value is -2.74. The Kier molecular flexibility index (Phi) is 3.53. The monoisotopic (exact) mass is 261 g/mol. The van der Waals surface area contributed by atoms with Crippen LogP contribution in [0.5, 0.6) is 0 Å². The number of nitrogens with zero attached hydrogens (tertiary/aromatic N) is 3. The number of nitrogen functional groups attached to an aromatic ring is 1. The second-order valence-electron chi connectivity index (χ2n) is 3.81. The minimum absolute atomic E-state index is 0.132. The van der Waals surface area contributed by atoms with E-state index in [4.69, 9.17) is 5.84 Å². The highest BCUT2D eigenvalue weighted by molar-refractivity contribution is 5.34. The maximum atomic E-state index is 11.6. The Bertz CT molecular complexity index is 650. The van der Waals surface area contributed by atoms with Crippen LogP contribution in [0.25, 0.3) is 0 Å². The van der Waals surface area contributed by atoms with Gasteiger partial charge in [0.2, 0.25) is 0 Å². The first-order valence-electron chi connectivity index (χ1n) is 5.36. The molecule has 19 heavy (non-hydrogen) atoms. The zero-order valence-electron chi connectivity index (χ0n) is 9.81. The van der Waals surface area contributed by atoms with Gasteiger partial charge in [-0.05, 0) is 11.6 Å². The second kappa shape index (κ2) is 5.27. The third kappa shape index (κ3) is 2.93. The van der Waals surface area contributed by atoms with E-state index in [2.05, 4.69) is 10.4 Å². The SMILES string of the molecule is NNc1ccc(Cn2cc([N+](=O)[O-])ccc2=O)cn1. The minimum atomic E-state index is -0.546. The van der Waals surface area contributed by atoms with E-state index < -0.39 is 4.92 Å². The molecule has 0 saturated heterocycles. The molecule has 0 saturated carbocycles. The van der Waals surface area contributed by atoms with Gasteiger partial charge in [-0.25, -0.2) is 10.8 Å². The van der Waals surface area contributed by atoms with Gasteiger partial charge in [-0.1, -0.05) is 6.07 Å². The molecule has 0 aliphatic carbocycles. The summed E-state index contributed by atoms with van der Waals surface area (Å²) in [6.45, 7) is 0.207. The minimum Gasteiger partial charge on any atom is -0.308 e. The van der Waals surface area contributed by atoms with Crippen molar-refractivity contribution in [2.24, 2.45) is 5.84 Å². The fourth-order valence-corrected chi connectivity index (χ4v) is 1.55. The number of nitrogens with one attached hydrogen (secondary N) is 1. The summed E-state index contributed by atoms with van der Waals surface area (Å²) in [5.74, 6) is 5.68. The van der Waals surface area contributed by atoms with Crippen LogP contribution in [0.1, 0.15) is 5.56 Å². The third-order valence-electron chi connectivity index (χ3n) is 2.50. The number of rotatable bonds is 4. The molecule has 0 aromatic carbocycles. The fourth-order valence-electron chi connectivity index (χ4n) is 1.55. The Morgan fingerprint density at radius 3 is 2.74 bits per heavy atom. The molecule has 0 amide bonds. The number of hydrogen-bond acceptors (Lipinski definition) is 6. The molecule has 98 valence electrons. The molecule has 2 heterocycles. The van der Waals surface area contributed by atoms with Crippen molar-refractivity contribution in [2.75, 3.05) is 5.43 Å². The molecule has 0 radical (unpaired) electrons. The van der Waals surface area contributed by atoms with Crippen LogP contribution < -0.4 is 16.8 Å². The van der Waals surface area contributed by atoms with E-state index in [1.807, 2.05) is 0 Å². The molecule has 8 nitrogen and oxygen atoms in total. The van der Waals surface area contributed by atoms with Crippen LogP contribution in [0.2, 0.25) is 0 Å². The molecule has 3 N–H and O–H groups in total. The van der Waals surface area contributed by atoms with Crippen molar-refractivity contribution < 1.29 is 4.92 Å². The molecule has 2 rings (SSSR count). The molecule has 2 aromatic heterocycles. The average molecular weight is 261 g/mol. The summed E-state index contributed by atoms with van der Waals surface area (Å²) in [6, 6.07) is 5.73. The number of hydrogen-bond donors (Lipinski definition) is 2. The molecule has 0 bridgehead atoms. The van der Waals surface area contributed by atoms with E-state index in [0.29, 0.717) is 5.82 Å². The van der Waals surface area contributed by atoms with Gasteiger partial charge in [-0.3, -0.25) is 14.9 Å². The van der Waals surface area contributed by atoms with Crippen molar-refractivity contribution in [3.8, 4) is 0 Å². The number of nitrogens with two attached hydrogens (primary N) is 1. The molecule has 0 atom stereocenters. The number of anilines is 1. The van der Waals surface area contributed by atoms with Crippen LogP contribution in [0.15, 0.2) is 41.5 Å². The Morgan fingerprint density at radius 2 is 2.16 bits per heavy atom. The first-order chi connectivity index (χ1) is 9.10. The topological polar surface area (TPSA) is 116 Å². The first-order valence-corrected chi connectivity index (χ1v) is 5.36. The van der Waals surface area contributed by atoms with Crippen LogP contribution in [0, 0.1) is 10.1 Å². The maximum absolute atomic E-state index is 11.6. The highest BCUT2D eigenvalue weighted by Gasteiger charge is 2.08. The summed E-state index contributed by atoms with van der Waals surface area (Å²) in [4.78, 5) is 25.7. The van der Waals surface area contributed by atoms with Gasteiger partial charge in [-0.2, -0.15) is 0 Å². The van der Waals surface area contributed by atoms with Gasteiger partial charge >= 0.3 is 0 Å². The van der Waals surface area contributed by atoms with Crippen LogP contribution in [-0.2, 0) is 6.54 Å². The summed E-state index contributed by atoms with van der Waals surface area (Å²) in [6.07, 6.45) is 2.75. The highest BCUT2D eigenvalue weighted by atomic mass is 16.6. The lowest BCUT2D eigenvalue weighted by molar-refractivity contribution is -0.385. The standard InChI is InChI=1S/C11H11N5O3/c12-14-10-3-1-8(5-13-10)6-15-7-9(16(18)19)2-4-11(15)17/h1-5,7H,6,12H2,(H,13,14). The molecule has 2 aromatic rings. The van der Waals surface area contributed by atoms with Gasteiger partial charge in [0.25, 0.3) is 11.2 Å². The van der Waals surface area contributed by atoms with Crippen molar-refractivity contribution in [1.82, 2.24) is 9.55 Å². The van der Waals surface area contributed by atoms with E-state index >= 15 is 0 Å². The van der Waals surface area contributed by atoms with Gasteiger partial charge in [-0.15, -0.1) is 0 Å². The Morgan fingerprint density at radius 1 is 1.37 bits per heavy atom. The number of nitro groups is 1. The predicted octanol–water partition coefficient (Wildman–Crippen LogP) is 0.485. The molecular formula is C11H11N5O3. The summed E-state index contributed by atoms with van der Waals surface area (Å²) in [5.41, 5.74) is 2.68. The van der Waals surface area contributed by atoms with Crippen molar-refractivity contribution in [3.05, 3.63) is 62.7 Å².